The molecule has 1 heterocycles. The number of carbonyl (C=O) groups is 1. The Hall–Kier alpha value is -1.90. The van der Waals surface area contributed by atoms with Crippen molar-refractivity contribution in [2.75, 3.05) is 0 Å². The third-order valence-corrected chi connectivity index (χ3v) is 3.11. The van der Waals surface area contributed by atoms with Crippen LogP contribution in [0.1, 0.15) is 29.7 Å². The fourth-order valence-electron chi connectivity index (χ4n) is 1.88. The molecule has 0 fully saturated rings. The van der Waals surface area contributed by atoms with Gasteiger partial charge < -0.3 is 5.11 Å². The van der Waals surface area contributed by atoms with Gasteiger partial charge in [-0.15, -0.1) is 0 Å². The number of nitrogens with zero attached hydrogens (tertiary/aromatic N) is 1. The molecule has 0 saturated carbocycles. The molecule has 1 aromatic carbocycles. The number of aromatic nitrogens is 1. The first kappa shape index (κ1) is 11.6. The molecule has 3 nitrogen and oxygen atoms in total. The summed E-state index contributed by atoms with van der Waals surface area (Å²) in [6, 6.07) is 7.83. The Balaban J connectivity index is 2.65. The van der Waals surface area contributed by atoms with Crippen molar-refractivity contribution in [1.82, 2.24) is 4.98 Å². The Bertz CT molecular complexity index is 590. The van der Waals surface area contributed by atoms with E-state index in [2.05, 4.69) is 11.1 Å². The summed E-state index contributed by atoms with van der Waals surface area (Å²) in [5, 5.41) is 10.1. The Labute approximate surface area is 100 Å². The summed E-state index contributed by atoms with van der Waals surface area (Å²) in [7, 11) is 0. The van der Waals surface area contributed by atoms with Gasteiger partial charge in [-0.3, -0.25) is 9.78 Å². The number of hydrogen-bond acceptors (Lipinski definition) is 2. The number of hydrogen-bond donors (Lipinski definition) is 1. The third-order valence-electron chi connectivity index (χ3n) is 3.11. The van der Waals surface area contributed by atoms with Crippen molar-refractivity contribution in [3.63, 3.8) is 0 Å². The Kier molecular flexibility index (Phi) is 2.84. The van der Waals surface area contributed by atoms with Gasteiger partial charge in [0.25, 0.3) is 0 Å². The number of aliphatic carboxylic acids is 1. The molecule has 0 amide bonds. The van der Waals surface area contributed by atoms with Crippen molar-refractivity contribution >= 4 is 16.9 Å². The second kappa shape index (κ2) is 4.17. The molecule has 2 rings (SSSR count). The summed E-state index contributed by atoms with van der Waals surface area (Å²) in [6.45, 7) is 5.68. The lowest BCUT2D eigenvalue weighted by Gasteiger charge is -2.09. The molecule has 17 heavy (non-hydrogen) atoms. The largest absolute Gasteiger partial charge is 0.481 e. The van der Waals surface area contributed by atoms with E-state index < -0.39 is 11.9 Å². The zero-order valence-corrected chi connectivity index (χ0v) is 10.2. The molecule has 0 saturated heterocycles. The lowest BCUT2D eigenvalue weighted by Crippen LogP contribution is -2.09. The minimum absolute atomic E-state index is 0.570. The first-order valence-corrected chi connectivity index (χ1v) is 5.60. The average Bonchev–Trinajstić information content (AvgIpc) is 2.32. The van der Waals surface area contributed by atoms with E-state index in [1.54, 1.807) is 13.0 Å². The Morgan fingerprint density at radius 1 is 1.18 bits per heavy atom. The van der Waals surface area contributed by atoms with E-state index >= 15 is 0 Å². The van der Waals surface area contributed by atoms with Crippen LogP contribution in [0.3, 0.4) is 0 Å². The number of carboxylic acids is 1. The van der Waals surface area contributed by atoms with Crippen LogP contribution in [-0.4, -0.2) is 16.1 Å². The van der Waals surface area contributed by atoms with Crippen LogP contribution in [0.5, 0.6) is 0 Å². The number of benzene rings is 1. The van der Waals surface area contributed by atoms with E-state index in [0.717, 1.165) is 22.0 Å². The zero-order valence-electron chi connectivity index (χ0n) is 10.2. The van der Waals surface area contributed by atoms with Crippen LogP contribution < -0.4 is 0 Å². The number of aryl methyl sites for hydroxylation is 2. The maximum Gasteiger partial charge on any atom is 0.312 e. The minimum Gasteiger partial charge on any atom is -0.481 e. The van der Waals surface area contributed by atoms with Crippen LogP contribution in [0.4, 0.5) is 0 Å². The van der Waals surface area contributed by atoms with Gasteiger partial charge >= 0.3 is 5.97 Å². The molecule has 1 aromatic heterocycles. The van der Waals surface area contributed by atoms with Crippen LogP contribution in [0.2, 0.25) is 0 Å². The molecular formula is C14H15NO2. The fourth-order valence-corrected chi connectivity index (χ4v) is 1.88. The van der Waals surface area contributed by atoms with Crippen LogP contribution >= 0.6 is 0 Å². The van der Waals surface area contributed by atoms with Gasteiger partial charge in [0.15, 0.2) is 0 Å². The average molecular weight is 229 g/mol. The Morgan fingerprint density at radius 2 is 1.82 bits per heavy atom. The van der Waals surface area contributed by atoms with Crippen molar-refractivity contribution < 1.29 is 9.90 Å². The topological polar surface area (TPSA) is 50.2 Å². The molecule has 0 aliphatic carbocycles. The van der Waals surface area contributed by atoms with E-state index in [-0.39, 0.29) is 0 Å². The third kappa shape index (κ3) is 2.00. The van der Waals surface area contributed by atoms with Gasteiger partial charge in [0.05, 0.1) is 17.1 Å². The molecule has 1 atom stereocenters. The van der Waals surface area contributed by atoms with Gasteiger partial charge in [0, 0.05) is 5.39 Å². The van der Waals surface area contributed by atoms with Gasteiger partial charge in [-0.05, 0) is 38.0 Å². The molecule has 0 spiro atoms. The standard InChI is InChI=1S/C14H15NO2/c1-8-4-5-9(2)13-11(8)6-7-12(15-13)10(3)14(16)17/h4-7,10H,1-3H3,(H,16,17). The highest BCUT2D eigenvalue weighted by molar-refractivity contribution is 5.86. The van der Waals surface area contributed by atoms with E-state index in [4.69, 9.17) is 5.11 Å². The summed E-state index contributed by atoms with van der Waals surface area (Å²) in [4.78, 5) is 15.4. The first-order valence-electron chi connectivity index (χ1n) is 5.60. The molecular weight excluding hydrogens is 214 g/mol. The molecule has 0 bridgehead atoms. The summed E-state index contributed by atoms with van der Waals surface area (Å²) < 4.78 is 0. The van der Waals surface area contributed by atoms with E-state index in [1.807, 2.05) is 26.0 Å². The monoisotopic (exact) mass is 229 g/mol. The maximum atomic E-state index is 10.9. The number of pyridine rings is 1. The number of rotatable bonds is 2. The van der Waals surface area contributed by atoms with E-state index in [0.29, 0.717) is 5.69 Å². The molecule has 1 N–H and O–H groups in total. The second-order valence-corrected chi connectivity index (χ2v) is 4.39. The lowest BCUT2D eigenvalue weighted by molar-refractivity contribution is -0.138. The summed E-state index contributed by atoms with van der Waals surface area (Å²) in [5.41, 5.74) is 3.74. The van der Waals surface area contributed by atoms with Crippen molar-refractivity contribution in [1.29, 1.82) is 0 Å². The van der Waals surface area contributed by atoms with Gasteiger partial charge in [-0.25, -0.2) is 0 Å². The molecule has 0 aliphatic rings. The fraction of sp³-hybridized carbons (Fsp3) is 0.286. The molecule has 2 aromatic rings. The van der Waals surface area contributed by atoms with E-state index in [9.17, 15) is 4.79 Å². The van der Waals surface area contributed by atoms with Crippen molar-refractivity contribution in [3.05, 3.63) is 41.1 Å². The van der Waals surface area contributed by atoms with Gasteiger partial charge in [0.2, 0.25) is 0 Å². The number of carboxylic acid groups (broad SMARTS) is 1. The van der Waals surface area contributed by atoms with Crippen LogP contribution in [-0.2, 0) is 4.79 Å². The van der Waals surface area contributed by atoms with Crippen LogP contribution in [0.15, 0.2) is 24.3 Å². The molecule has 0 aliphatic heterocycles. The van der Waals surface area contributed by atoms with Crippen molar-refractivity contribution in [2.24, 2.45) is 0 Å². The highest BCUT2D eigenvalue weighted by Crippen LogP contribution is 2.23. The maximum absolute atomic E-state index is 10.9. The molecule has 88 valence electrons. The molecule has 0 radical (unpaired) electrons. The SMILES string of the molecule is Cc1ccc(C)c2nc(C(C)C(=O)O)ccc12. The first-order chi connectivity index (χ1) is 8.00. The molecule has 1 unspecified atom stereocenters. The summed E-state index contributed by atoms with van der Waals surface area (Å²) >= 11 is 0. The quantitative estimate of drug-likeness (QED) is 0.861. The minimum atomic E-state index is -0.845. The van der Waals surface area contributed by atoms with Crippen LogP contribution in [0, 0.1) is 13.8 Å². The van der Waals surface area contributed by atoms with Gasteiger partial charge in [0.1, 0.15) is 0 Å². The lowest BCUT2D eigenvalue weighted by atomic mass is 10.0. The Morgan fingerprint density at radius 3 is 2.47 bits per heavy atom. The summed E-state index contributed by atoms with van der Waals surface area (Å²) in [6.07, 6.45) is 0. The predicted molar refractivity (Wildman–Crippen MR) is 67.3 cm³/mol. The highest BCUT2D eigenvalue weighted by Gasteiger charge is 2.16. The predicted octanol–water partition coefficient (Wildman–Crippen LogP) is 3.04. The van der Waals surface area contributed by atoms with Gasteiger partial charge in [-0.1, -0.05) is 18.2 Å². The molecule has 3 heteroatoms. The zero-order chi connectivity index (χ0) is 12.6. The summed E-state index contributed by atoms with van der Waals surface area (Å²) in [5.74, 6) is -1.42. The van der Waals surface area contributed by atoms with Crippen molar-refractivity contribution in [2.45, 2.75) is 26.7 Å². The normalized spacial score (nSPS) is 12.6. The van der Waals surface area contributed by atoms with Gasteiger partial charge in [-0.2, -0.15) is 0 Å². The van der Waals surface area contributed by atoms with E-state index in [1.165, 1.54) is 0 Å². The van der Waals surface area contributed by atoms with Crippen molar-refractivity contribution in [3.8, 4) is 0 Å². The smallest absolute Gasteiger partial charge is 0.312 e. The highest BCUT2D eigenvalue weighted by atomic mass is 16.4. The second-order valence-electron chi connectivity index (χ2n) is 4.39. The van der Waals surface area contributed by atoms with Crippen LogP contribution in [0.25, 0.3) is 10.9 Å². The number of fused-ring (bicyclic) bond motifs is 1.